The Labute approximate surface area is 136 Å². The number of carbonyl (C=O) groups is 1. The predicted octanol–water partition coefficient (Wildman–Crippen LogP) is 2.78. The molecule has 6 heteroatoms. The van der Waals surface area contributed by atoms with Crippen LogP contribution in [0.25, 0.3) is 0 Å². The quantitative estimate of drug-likeness (QED) is 0.931. The van der Waals surface area contributed by atoms with Gasteiger partial charge in [-0.25, -0.2) is 9.78 Å². The fourth-order valence-corrected chi connectivity index (χ4v) is 4.18. The first-order chi connectivity index (χ1) is 10.6. The van der Waals surface area contributed by atoms with Crippen LogP contribution < -0.4 is 5.32 Å². The van der Waals surface area contributed by atoms with Crippen molar-refractivity contribution in [2.45, 2.75) is 51.6 Å². The molecule has 0 aromatic carbocycles. The molecule has 22 heavy (non-hydrogen) atoms. The number of thiazole rings is 1. The summed E-state index contributed by atoms with van der Waals surface area (Å²) in [6.45, 7) is 8.23. The average molecular weight is 322 g/mol. The van der Waals surface area contributed by atoms with Gasteiger partial charge in [-0.2, -0.15) is 0 Å². The molecule has 0 aliphatic carbocycles. The molecule has 2 fully saturated rings. The number of aryl methyl sites for hydroxylation is 1. The smallest absolute Gasteiger partial charge is 0.317 e. The van der Waals surface area contributed by atoms with Crippen LogP contribution in [0.3, 0.4) is 0 Å². The van der Waals surface area contributed by atoms with Crippen LogP contribution in [0.1, 0.15) is 49.4 Å². The van der Waals surface area contributed by atoms with E-state index in [1.54, 1.807) is 11.3 Å². The van der Waals surface area contributed by atoms with Gasteiger partial charge in [0.1, 0.15) is 0 Å². The van der Waals surface area contributed by atoms with Crippen LogP contribution in [-0.2, 0) is 0 Å². The summed E-state index contributed by atoms with van der Waals surface area (Å²) in [6, 6.07) is 0.719. The SMILES string of the molecule is Cc1nc(C(C)NC(=O)N2CCC(N3CCCC3)CC2)cs1. The Hall–Kier alpha value is -1.14. The zero-order valence-corrected chi connectivity index (χ0v) is 14.4. The van der Waals surface area contributed by atoms with E-state index in [2.05, 4.69) is 15.2 Å². The van der Waals surface area contributed by atoms with Crippen molar-refractivity contribution in [1.82, 2.24) is 20.1 Å². The second-order valence-electron chi connectivity index (χ2n) is 6.42. The summed E-state index contributed by atoms with van der Waals surface area (Å²) >= 11 is 1.63. The molecule has 0 radical (unpaired) electrons. The highest BCUT2D eigenvalue weighted by Gasteiger charge is 2.28. The van der Waals surface area contributed by atoms with Crippen LogP contribution in [0.15, 0.2) is 5.38 Å². The first kappa shape index (κ1) is 15.7. The standard InChI is InChI=1S/C16H26N4OS/c1-12(15-11-22-13(2)18-15)17-16(21)20-9-5-14(6-10-20)19-7-3-4-8-19/h11-12,14H,3-10H2,1-2H3,(H,17,21). The van der Waals surface area contributed by atoms with E-state index in [1.165, 1.54) is 25.9 Å². The fourth-order valence-electron chi connectivity index (χ4n) is 3.47. The van der Waals surface area contributed by atoms with Crippen molar-refractivity contribution < 1.29 is 4.79 Å². The Morgan fingerprint density at radius 2 is 2.00 bits per heavy atom. The Balaban J connectivity index is 1.47. The highest BCUT2D eigenvalue weighted by atomic mass is 32.1. The van der Waals surface area contributed by atoms with Crippen LogP contribution in [0.2, 0.25) is 0 Å². The largest absolute Gasteiger partial charge is 0.330 e. The minimum absolute atomic E-state index is 0.0197. The topological polar surface area (TPSA) is 48.5 Å². The van der Waals surface area contributed by atoms with Gasteiger partial charge in [-0.05, 0) is 52.6 Å². The molecular formula is C16H26N4OS. The third-order valence-corrected chi connectivity index (χ3v) is 5.62. The number of hydrogen-bond acceptors (Lipinski definition) is 4. The summed E-state index contributed by atoms with van der Waals surface area (Å²) in [7, 11) is 0. The van der Waals surface area contributed by atoms with Gasteiger partial charge < -0.3 is 15.1 Å². The number of piperidine rings is 1. The number of aromatic nitrogens is 1. The Morgan fingerprint density at radius 3 is 2.59 bits per heavy atom. The second kappa shape index (κ2) is 6.96. The minimum atomic E-state index is -0.0197. The van der Waals surface area contributed by atoms with Gasteiger partial charge >= 0.3 is 6.03 Å². The normalized spacial score (nSPS) is 22.0. The first-order valence-electron chi connectivity index (χ1n) is 8.35. The van der Waals surface area contributed by atoms with Gasteiger partial charge in [0.15, 0.2) is 0 Å². The molecule has 1 aromatic heterocycles. The van der Waals surface area contributed by atoms with Crippen LogP contribution in [0, 0.1) is 6.92 Å². The summed E-state index contributed by atoms with van der Waals surface area (Å²) in [5.41, 5.74) is 0.961. The summed E-state index contributed by atoms with van der Waals surface area (Å²) in [4.78, 5) is 21.4. The van der Waals surface area contributed by atoms with Crippen molar-refractivity contribution >= 4 is 17.4 Å². The molecule has 3 rings (SSSR count). The number of nitrogens with one attached hydrogen (secondary N) is 1. The van der Waals surface area contributed by atoms with Gasteiger partial charge in [-0.15, -0.1) is 11.3 Å². The maximum atomic E-state index is 12.4. The molecule has 3 heterocycles. The minimum Gasteiger partial charge on any atom is -0.330 e. The second-order valence-corrected chi connectivity index (χ2v) is 7.49. The third-order valence-electron chi connectivity index (χ3n) is 4.83. The fraction of sp³-hybridized carbons (Fsp3) is 0.750. The monoisotopic (exact) mass is 322 g/mol. The van der Waals surface area contributed by atoms with Gasteiger partial charge in [0.05, 0.1) is 16.7 Å². The number of likely N-dealkylation sites (tertiary alicyclic amines) is 2. The number of amides is 2. The first-order valence-corrected chi connectivity index (χ1v) is 9.23. The molecule has 1 unspecified atom stereocenters. The molecule has 0 saturated carbocycles. The molecule has 0 spiro atoms. The number of rotatable bonds is 3. The Kier molecular flexibility index (Phi) is 4.98. The van der Waals surface area contributed by atoms with Gasteiger partial charge in [0, 0.05) is 24.5 Å². The molecule has 1 atom stereocenters. The van der Waals surface area contributed by atoms with E-state index in [0.29, 0.717) is 6.04 Å². The molecule has 2 aliphatic rings. The van der Waals surface area contributed by atoms with Crippen LogP contribution in [0.4, 0.5) is 4.79 Å². The molecule has 2 saturated heterocycles. The lowest BCUT2D eigenvalue weighted by atomic mass is 10.0. The Bertz CT molecular complexity index is 504. The van der Waals surface area contributed by atoms with Crippen LogP contribution >= 0.6 is 11.3 Å². The van der Waals surface area contributed by atoms with Gasteiger partial charge in [-0.1, -0.05) is 0 Å². The molecule has 1 N–H and O–H groups in total. The highest BCUT2D eigenvalue weighted by molar-refractivity contribution is 7.09. The van der Waals surface area contributed by atoms with E-state index in [9.17, 15) is 4.79 Å². The molecule has 5 nitrogen and oxygen atoms in total. The van der Waals surface area contributed by atoms with E-state index >= 15 is 0 Å². The van der Waals surface area contributed by atoms with Crippen molar-refractivity contribution in [1.29, 1.82) is 0 Å². The third kappa shape index (κ3) is 3.60. The van der Waals surface area contributed by atoms with E-state index < -0.39 is 0 Å². The number of carbonyl (C=O) groups excluding carboxylic acids is 1. The summed E-state index contributed by atoms with van der Waals surface area (Å²) in [5.74, 6) is 0. The lowest BCUT2D eigenvalue weighted by molar-refractivity contribution is 0.132. The summed E-state index contributed by atoms with van der Waals surface area (Å²) in [5, 5.41) is 6.15. The lowest BCUT2D eigenvalue weighted by Crippen LogP contribution is -2.49. The van der Waals surface area contributed by atoms with Gasteiger partial charge in [0.25, 0.3) is 0 Å². The summed E-state index contributed by atoms with van der Waals surface area (Å²) in [6.07, 6.45) is 4.89. The Morgan fingerprint density at radius 1 is 1.32 bits per heavy atom. The van der Waals surface area contributed by atoms with Crippen molar-refractivity contribution in [3.05, 3.63) is 16.1 Å². The van der Waals surface area contributed by atoms with E-state index in [4.69, 9.17) is 0 Å². The average Bonchev–Trinajstić information content (AvgIpc) is 3.18. The van der Waals surface area contributed by atoms with Crippen LogP contribution in [-0.4, -0.2) is 53.0 Å². The number of hydrogen-bond donors (Lipinski definition) is 1. The molecular weight excluding hydrogens is 296 g/mol. The van der Waals surface area contributed by atoms with Crippen molar-refractivity contribution in [3.63, 3.8) is 0 Å². The molecule has 0 bridgehead atoms. The summed E-state index contributed by atoms with van der Waals surface area (Å²) < 4.78 is 0. The zero-order chi connectivity index (χ0) is 15.5. The van der Waals surface area contributed by atoms with Crippen molar-refractivity contribution in [2.24, 2.45) is 0 Å². The molecule has 122 valence electrons. The highest BCUT2D eigenvalue weighted by Crippen LogP contribution is 2.22. The van der Waals surface area contributed by atoms with Crippen molar-refractivity contribution in [3.8, 4) is 0 Å². The van der Waals surface area contributed by atoms with E-state index in [1.807, 2.05) is 24.1 Å². The van der Waals surface area contributed by atoms with Gasteiger partial charge in [0.2, 0.25) is 0 Å². The molecule has 2 amide bonds. The zero-order valence-electron chi connectivity index (χ0n) is 13.5. The number of nitrogens with zero attached hydrogens (tertiary/aromatic N) is 3. The number of urea groups is 1. The lowest BCUT2D eigenvalue weighted by Gasteiger charge is -2.37. The van der Waals surface area contributed by atoms with Crippen LogP contribution in [0.5, 0.6) is 0 Å². The van der Waals surface area contributed by atoms with Crippen molar-refractivity contribution in [2.75, 3.05) is 26.2 Å². The maximum Gasteiger partial charge on any atom is 0.317 e. The van der Waals surface area contributed by atoms with Gasteiger partial charge in [-0.3, -0.25) is 0 Å². The van der Waals surface area contributed by atoms with E-state index in [0.717, 1.165) is 36.6 Å². The predicted molar refractivity (Wildman–Crippen MR) is 89.2 cm³/mol. The molecule has 2 aliphatic heterocycles. The maximum absolute atomic E-state index is 12.4. The van der Waals surface area contributed by atoms with E-state index in [-0.39, 0.29) is 12.1 Å². The molecule has 1 aromatic rings.